The van der Waals surface area contributed by atoms with Crippen molar-refractivity contribution in [1.82, 2.24) is 0 Å². The number of fused-ring (bicyclic) bond motifs is 1. The Kier molecular flexibility index (Phi) is 3.14. The zero-order valence-electron chi connectivity index (χ0n) is 9.08. The van der Waals surface area contributed by atoms with Crippen LogP contribution in [0.4, 0.5) is 4.79 Å². The van der Waals surface area contributed by atoms with E-state index >= 15 is 0 Å². The summed E-state index contributed by atoms with van der Waals surface area (Å²) in [6, 6.07) is 0. The van der Waals surface area contributed by atoms with E-state index in [1.165, 1.54) is 13.8 Å². The van der Waals surface area contributed by atoms with Gasteiger partial charge in [-0.1, -0.05) is 11.8 Å². The molecule has 2 aliphatic rings. The first-order chi connectivity index (χ1) is 7.97. The van der Waals surface area contributed by atoms with E-state index in [1.807, 2.05) is 0 Å². The first-order valence-corrected chi connectivity index (χ1v) is 5.79. The molecule has 0 aromatic heterocycles. The van der Waals surface area contributed by atoms with Crippen molar-refractivity contribution >= 4 is 29.9 Å². The summed E-state index contributed by atoms with van der Waals surface area (Å²) in [5.74, 6) is -1.01. The van der Waals surface area contributed by atoms with Gasteiger partial charge in [-0.3, -0.25) is 9.59 Å². The van der Waals surface area contributed by atoms with Crippen LogP contribution in [0.1, 0.15) is 13.8 Å². The summed E-state index contributed by atoms with van der Waals surface area (Å²) < 4.78 is 19.6. The van der Waals surface area contributed by atoms with Crippen molar-refractivity contribution < 1.29 is 33.3 Å². The predicted molar refractivity (Wildman–Crippen MR) is 53.8 cm³/mol. The third-order valence-corrected chi connectivity index (χ3v) is 3.42. The van der Waals surface area contributed by atoms with Crippen LogP contribution < -0.4 is 0 Å². The molecule has 2 aliphatic heterocycles. The number of carbonyl (C=O) groups is 3. The lowest BCUT2D eigenvalue weighted by Crippen LogP contribution is -2.32. The molecule has 4 atom stereocenters. The average Bonchev–Trinajstić information content (AvgIpc) is 2.67. The van der Waals surface area contributed by atoms with Crippen LogP contribution in [0.3, 0.4) is 0 Å². The summed E-state index contributed by atoms with van der Waals surface area (Å²) in [6.45, 7) is 2.48. The fourth-order valence-corrected chi connectivity index (χ4v) is 2.99. The van der Waals surface area contributed by atoms with Gasteiger partial charge in [0, 0.05) is 13.8 Å². The van der Waals surface area contributed by atoms with Crippen LogP contribution >= 0.6 is 11.8 Å². The van der Waals surface area contributed by atoms with Crippen LogP contribution in [0, 0.1) is 0 Å². The van der Waals surface area contributed by atoms with Gasteiger partial charge in [0.2, 0.25) is 0 Å². The molecule has 94 valence electrons. The molecule has 0 radical (unpaired) electrons. The molecule has 2 rings (SSSR count). The molecule has 7 nitrogen and oxygen atoms in total. The van der Waals surface area contributed by atoms with Gasteiger partial charge in [-0.25, -0.2) is 4.79 Å². The van der Waals surface area contributed by atoms with E-state index in [0.717, 1.165) is 11.8 Å². The zero-order chi connectivity index (χ0) is 12.6. The molecule has 4 unspecified atom stereocenters. The van der Waals surface area contributed by atoms with Crippen LogP contribution in [-0.4, -0.2) is 41.2 Å². The minimum atomic E-state index is -0.852. The van der Waals surface area contributed by atoms with Gasteiger partial charge >= 0.3 is 18.1 Å². The SMILES string of the molecule is CC(=O)OC1SC(OC(C)=O)C2OC(=O)OC12. The summed E-state index contributed by atoms with van der Waals surface area (Å²) in [5, 5.41) is 0. The van der Waals surface area contributed by atoms with E-state index in [0.29, 0.717) is 0 Å². The lowest BCUT2D eigenvalue weighted by molar-refractivity contribution is -0.148. The smallest absolute Gasteiger partial charge is 0.447 e. The van der Waals surface area contributed by atoms with E-state index < -0.39 is 41.2 Å². The second kappa shape index (κ2) is 4.44. The highest BCUT2D eigenvalue weighted by atomic mass is 32.2. The number of ether oxygens (including phenoxy) is 4. The maximum absolute atomic E-state index is 11.0. The Morgan fingerprint density at radius 1 is 1.06 bits per heavy atom. The summed E-state index contributed by atoms with van der Waals surface area (Å²) in [6.07, 6.45) is -2.32. The molecule has 0 saturated carbocycles. The van der Waals surface area contributed by atoms with E-state index in [1.54, 1.807) is 0 Å². The molecule has 2 fully saturated rings. The van der Waals surface area contributed by atoms with Crippen LogP contribution in [0.5, 0.6) is 0 Å². The third kappa shape index (κ3) is 2.46. The van der Waals surface area contributed by atoms with Crippen molar-refractivity contribution in [3.05, 3.63) is 0 Å². The van der Waals surface area contributed by atoms with E-state index in [9.17, 15) is 14.4 Å². The van der Waals surface area contributed by atoms with Crippen molar-refractivity contribution in [1.29, 1.82) is 0 Å². The normalized spacial score (nSPS) is 34.6. The highest BCUT2D eigenvalue weighted by Crippen LogP contribution is 2.42. The fourth-order valence-electron chi connectivity index (χ4n) is 1.61. The molecule has 0 aromatic rings. The van der Waals surface area contributed by atoms with Crippen LogP contribution in [0.15, 0.2) is 0 Å². The predicted octanol–water partition coefficient (Wildman–Crippen LogP) is 0.416. The number of hydrogen-bond acceptors (Lipinski definition) is 8. The molecule has 17 heavy (non-hydrogen) atoms. The highest BCUT2D eigenvalue weighted by Gasteiger charge is 2.57. The molecular weight excluding hydrogens is 252 g/mol. The summed E-state index contributed by atoms with van der Waals surface area (Å²) >= 11 is 1.07. The Bertz CT molecular complexity index is 336. The average molecular weight is 262 g/mol. The second-order valence-electron chi connectivity index (χ2n) is 3.51. The maximum atomic E-state index is 11.0. The van der Waals surface area contributed by atoms with Gasteiger partial charge in [0.1, 0.15) is 0 Å². The van der Waals surface area contributed by atoms with Gasteiger partial charge in [0.25, 0.3) is 0 Å². The Balaban J connectivity index is 2.09. The zero-order valence-corrected chi connectivity index (χ0v) is 9.89. The lowest BCUT2D eigenvalue weighted by Gasteiger charge is -2.13. The molecule has 2 saturated heterocycles. The molecule has 0 aromatic carbocycles. The number of thioether (sulfide) groups is 1. The summed E-state index contributed by atoms with van der Waals surface area (Å²) in [4.78, 5) is 32.7. The number of rotatable bonds is 2. The van der Waals surface area contributed by atoms with Crippen LogP contribution in [0.25, 0.3) is 0 Å². The highest BCUT2D eigenvalue weighted by molar-refractivity contribution is 8.00. The standard InChI is InChI=1S/C9H10O7S/c1-3(10)13-7-5-6(16-9(12)15-5)8(17-7)14-4(2)11/h5-8H,1-2H3. The topological polar surface area (TPSA) is 88.1 Å². The van der Waals surface area contributed by atoms with Crippen molar-refractivity contribution in [3.8, 4) is 0 Å². The van der Waals surface area contributed by atoms with Gasteiger partial charge in [-0.2, -0.15) is 0 Å². The van der Waals surface area contributed by atoms with Crippen molar-refractivity contribution in [3.63, 3.8) is 0 Å². The molecule has 0 aliphatic carbocycles. The van der Waals surface area contributed by atoms with E-state index in [4.69, 9.17) is 18.9 Å². The van der Waals surface area contributed by atoms with Gasteiger partial charge < -0.3 is 18.9 Å². The van der Waals surface area contributed by atoms with Crippen molar-refractivity contribution in [2.24, 2.45) is 0 Å². The van der Waals surface area contributed by atoms with Crippen LogP contribution in [-0.2, 0) is 28.5 Å². The Morgan fingerprint density at radius 2 is 1.47 bits per heavy atom. The van der Waals surface area contributed by atoms with Crippen molar-refractivity contribution in [2.75, 3.05) is 0 Å². The maximum Gasteiger partial charge on any atom is 0.509 e. The van der Waals surface area contributed by atoms with Gasteiger partial charge in [0.15, 0.2) is 23.1 Å². The number of esters is 2. The van der Waals surface area contributed by atoms with E-state index in [2.05, 4.69) is 0 Å². The molecule has 0 N–H and O–H groups in total. The molecule has 0 spiro atoms. The second-order valence-corrected chi connectivity index (χ2v) is 4.71. The summed E-state index contributed by atoms with van der Waals surface area (Å²) in [7, 11) is 0. The van der Waals surface area contributed by atoms with Crippen LogP contribution in [0.2, 0.25) is 0 Å². The largest absolute Gasteiger partial charge is 0.509 e. The monoisotopic (exact) mass is 262 g/mol. The van der Waals surface area contributed by atoms with E-state index in [-0.39, 0.29) is 0 Å². The third-order valence-electron chi connectivity index (χ3n) is 2.16. The van der Waals surface area contributed by atoms with Gasteiger partial charge in [0.05, 0.1) is 0 Å². The minimum Gasteiger partial charge on any atom is -0.447 e. The first kappa shape index (κ1) is 12.0. The molecule has 0 bridgehead atoms. The molecule has 0 amide bonds. The van der Waals surface area contributed by atoms with Gasteiger partial charge in [-0.15, -0.1) is 0 Å². The first-order valence-electron chi connectivity index (χ1n) is 4.84. The minimum absolute atomic E-state index is 0.507. The number of carbonyl (C=O) groups excluding carboxylic acids is 3. The Hall–Kier alpha value is -1.44. The van der Waals surface area contributed by atoms with Crippen molar-refractivity contribution in [2.45, 2.75) is 36.9 Å². The number of hydrogen-bond donors (Lipinski definition) is 0. The Morgan fingerprint density at radius 3 is 1.82 bits per heavy atom. The lowest BCUT2D eigenvalue weighted by atomic mass is 10.2. The molecule has 8 heteroatoms. The Labute approximate surface area is 101 Å². The quantitative estimate of drug-likeness (QED) is 0.522. The fraction of sp³-hybridized carbons (Fsp3) is 0.667. The molecular formula is C9H10O7S. The summed E-state index contributed by atoms with van der Waals surface area (Å²) in [5.41, 5.74) is -1.43. The van der Waals surface area contributed by atoms with Gasteiger partial charge in [-0.05, 0) is 0 Å². The molecule has 2 heterocycles.